The standard InChI is InChI=1S/C19H27N5O3/c1-4-9-24(10-5-2)18-21-17(20)22-19(23-18)27-11-8-14-6-7-16(26-3)15(12-14)13-25/h6-7,12-13H,4-5,8-11H2,1-3H3,(H2,20,21,22,23). The van der Waals surface area contributed by atoms with Crippen molar-refractivity contribution in [2.75, 3.05) is 37.4 Å². The average molecular weight is 373 g/mol. The van der Waals surface area contributed by atoms with Crippen LogP contribution < -0.4 is 20.1 Å². The zero-order valence-electron chi connectivity index (χ0n) is 16.1. The van der Waals surface area contributed by atoms with Crippen LogP contribution >= 0.6 is 0 Å². The molecule has 2 N–H and O–H groups in total. The van der Waals surface area contributed by atoms with E-state index in [-0.39, 0.29) is 12.0 Å². The summed E-state index contributed by atoms with van der Waals surface area (Å²) in [5.74, 6) is 1.23. The van der Waals surface area contributed by atoms with Crippen molar-refractivity contribution in [1.29, 1.82) is 0 Å². The normalized spacial score (nSPS) is 10.5. The molecule has 0 aliphatic heterocycles. The van der Waals surface area contributed by atoms with E-state index in [1.807, 2.05) is 6.07 Å². The second-order valence-electron chi connectivity index (χ2n) is 6.06. The van der Waals surface area contributed by atoms with E-state index >= 15 is 0 Å². The lowest BCUT2D eigenvalue weighted by molar-refractivity contribution is 0.112. The highest BCUT2D eigenvalue weighted by Crippen LogP contribution is 2.19. The zero-order valence-corrected chi connectivity index (χ0v) is 16.1. The smallest absolute Gasteiger partial charge is 0.323 e. The van der Waals surface area contributed by atoms with Crippen molar-refractivity contribution in [1.82, 2.24) is 15.0 Å². The summed E-state index contributed by atoms with van der Waals surface area (Å²) < 4.78 is 10.8. The fraction of sp³-hybridized carbons (Fsp3) is 0.474. The molecule has 146 valence electrons. The van der Waals surface area contributed by atoms with E-state index in [1.54, 1.807) is 12.1 Å². The Balaban J connectivity index is 2.04. The lowest BCUT2D eigenvalue weighted by Gasteiger charge is -2.21. The predicted octanol–water partition coefficient (Wildman–Crippen LogP) is 2.52. The molecular weight excluding hydrogens is 346 g/mol. The molecule has 0 unspecified atom stereocenters. The van der Waals surface area contributed by atoms with Crippen molar-refractivity contribution in [2.45, 2.75) is 33.1 Å². The number of carbonyl (C=O) groups is 1. The topological polar surface area (TPSA) is 103 Å². The molecule has 0 atom stereocenters. The summed E-state index contributed by atoms with van der Waals surface area (Å²) in [6, 6.07) is 5.66. The van der Waals surface area contributed by atoms with Gasteiger partial charge in [0.15, 0.2) is 6.29 Å². The molecule has 27 heavy (non-hydrogen) atoms. The molecule has 1 heterocycles. The minimum Gasteiger partial charge on any atom is -0.496 e. The predicted molar refractivity (Wildman–Crippen MR) is 105 cm³/mol. The van der Waals surface area contributed by atoms with Crippen LogP contribution in [0.5, 0.6) is 11.8 Å². The number of anilines is 2. The third kappa shape index (κ3) is 5.80. The molecule has 1 aromatic carbocycles. The van der Waals surface area contributed by atoms with Crippen LogP contribution in [0.3, 0.4) is 0 Å². The number of hydrogen-bond acceptors (Lipinski definition) is 8. The van der Waals surface area contributed by atoms with Crippen molar-refractivity contribution in [2.24, 2.45) is 0 Å². The number of aldehydes is 1. The van der Waals surface area contributed by atoms with Crippen LogP contribution in [0, 0.1) is 0 Å². The van der Waals surface area contributed by atoms with Crippen LogP contribution in [0.1, 0.15) is 42.6 Å². The largest absolute Gasteiger partial charge is 0.496 e. The molecule has 2 rings (SSSR count). The Morgan fingerprint density at radius 2 is 1.89 bits per heavy atom. The zero-order chi connectivity index (χ0) is 19.6. The maximum absolute atomic E-state index is 11.1. The Morgan fingerprint density at radius 3 is 2.52 bits per heavy atom. The van der Waals surface area contributed by atoms with Gasteiger partial charge < -0.3 is 20.1 Å². The second-order valence-corrected chi connectivity index (χ2v) is 6.06. The summed E-state index contributed by atoms with van der Waals surface area (Å²) in [4.78, 5) is 25.9. The third-order valence-electron chi connectivity index (χ3n) is 3.93. The molecule has 0 saturated heterocycles. The van der Waals surface area contributed by atoms with Gasteiger partial charge in [0.25, 0.3) is 0 Å². The molecule has 8 heteroatoms. The summed E-state index contributed by atoms with van der Waals surface area (Å²) in [6.45, 7) is 6.25. The number of aromatic nitrogens is 3. The van der Waals surface area contributed by atoms with Gasteiger partial charge in [-0.15, -0.1) is 0 Å². The number of nitrogen functional groups attached to an aromatic ring is 1. The molecular formula is C19H27N5O3. The van der Waals surface area contributed by atoms with Gasteiger partial charge in [0.1, 0.15) is 5.75 Å². The Kier molecular flexibility index (Phi) is 7.79. The molecule has 0 bridgehead atoms. The van der Waals surface area contributed by atoms with Gasteiger partial charge in [-0.1, -0.05) is 19.9 Å². The van der Waals surface area contributed by atoms with Crippen molar-refractivity contribution >= 4 is 18.2 Å². The number of carbonyl (C=O) groups excluding carboxylic acids is 1. The first-order valence-electron chi connectivity index (χ1n) is 9.12. The molecule has 2 aromatic rings. The monoisotopic (exact) mass is 373 g/mol. The van der Waals surface area contributed by atoms with E-state index < -0.39 is 0 Å². The van der Waals surface area contributed by atoms with E-state index in [4.69, 9.17) is 15.2 Å². The SMILES string of the molecule is CCCN(CCC)c1nc(N)nc(OCCc2ccc(OC)c(C=O)c2)n1. The van der Waals surface area contributed by atoms with Crippen molar-refractivity contribution in [3.8, 4) is 11.8 Å². The Hall–Kier alpha value is -2.90. The minimum absolute atomic E-state index is 0.139. The van der Waals surface area contributed by atoms with Gasteiger partial charge in [-0.25, -0.2) is 0 Å². The number of ether oxygens (including phenoxy) is 2. The first-order valence-corrected chi connectivity index (χ1v) is 9.12. The summed E-state index contributed by atoms with van der Waals surface area (Å²) in [7, 11) is 1.54. The number of nitrogens with zero attached hydrogens (tertiary/aromatic N) is 4. The van der Waals surface area contributed by atoms with Crippen LogP contribution in [0.25, 0.3) is 0 Å². The van der Waals surface area contributed by atoms with Crippen LogP contribution in [-0.2, 0) is 6.42 Å². The highest BCUT2D eigenvalue weighted by Gasteiger charge is 2.12. The molecule has 0 amide bonds. The maximum Gasteiger partial charge on any atom is 0.323 e. The van der Waals surface area contributed by atoms with Crippen molar-refractivity contribution in [3.05, 3.63) is 29.3 Å². The van der Waals surface area contributed by atoms with Gasteiger partial charge in [-0.2, -0.15) is 15.0 Å². The van der Waals surface area contributed by atoms with E-state index in [0.29, 0.717) is 30.3 Å². The Labute approximate surface area is 159 Å². The van der Waals surface area contributed by atoms with Gasteiger partial charge in [0.2, 0.25) is 11.9 Å². The number of rotatable bonds is 11. The molecule has 0 fully saturated rings. The molecule has 1 aromatic heterocycles. The van der Waals surface area contributed by atoms with E-state index in [1.165, 1.54) is 7.11 Å². The molecule has 0 saturated carbocycles. The van der Waals surface area contributed by atoms with E-state index in [9.17, 15) is 4.79 Å². The summed E-state index contributed by atoms with van der Waals surface area (Å²) in [5, 5.41) is 0. The highest BCUT2D eigenvalue weighted by atomic mass is 16.5. The molecule has 0 aliphatic carbocycles. The first-order chi connectivity index (χ1) is 13.1. The molecule has 0 spiro atoms. The molecule has 0 aliphatic rings. The number of methoxy groups -OCH3 is 1. The fourth-order valence-electron chi connectivity index (χ4n) is 2.71. The van der Waals surface area contributed by atoms with E-state index in [0.717, 1.165) is 37.8 Å². The first kappa shape index (κ1) is 20.4. The molecule has 0 radical (unpaired) electrons. The van der Waals surface area contributed by atoms with Gasteiger partial charge in [0.05, 0.1) is 19.3 Å². The number of nitrogens with two attached hydrogens (primary N) is 1. The van der Waals surface area contributed by atoms with Crippen molar-refractivity contribution in [3.63, 3.8) is 0 Å². The lowest BCUT2D eigenvalue weighted by atomic mass is 10.1. The maximum atomic E-state index is 11.1. The van der Waals surface area contributed by atoms with Gasteiger partial charge in [-0.05, 0) is 30.5 Å². The van der Waals surface area contributed by atoms with E-state index in [2.05, 4.69) is 33.7 Å². The second kappa shape index (κ2) is 10.3. The van der Waals surface area contributed by atoms with Crippen LogP contribution in [0.2, 0.25) is 0 Å². The number of benzene rings is 1. The Morgan fingerprint density at radius 1 is 1.15 bits per heavy atom. The van der Waals surface area contributed by atoms with Gasteiger partial charge in [0, 0.05) is 19.5 Å². The molecule has 8 nitrogen and oxygen atoms in total. The summed E-state index contributed by atoms with van der Waals surface area (Å²) >= 11 is 0. The fourth-order valence-corrected chi connectivity index (χ4v) is 2.71. The van der Waals surface area contributed by atoms with Crippen LogP contribution in [0.4, 0.5) is 11.9 Å². The minimum atomic E-state index is 0.139. The summed E-state index contributed by atoms with van der Waals surface area (Å²) in [6.07, 6.45) is 3.34. The number of hydrogen-bond donors (Lipinski definition) is 1. The highest BCUT2D eigenvalue weighted by molar-refractivity contribution is 5.79. The lowest BCUT2D eigenvalue weighted by Crippen LogP contribution is -2.27. The quantitative estimate of drug-likeness (QED) is 0.599. The van der Waals surface area contributed by atoms with Gasteiger partial charge >= 0.3 is 6.01 Å². The third-order valence-corrected chi connectivity index (χ3v) is 3.93. The van der Waals surface area contributed by atoms with Crippen molar-refractivity contribution < 1.29 is 14.3 Å². The average Bonchev–Trinajstić information content (AvgIpc) is 2.67. The van der Waals surface area contributed by atoms with Gasteiger partial charge in [-0.3, -0.25) is 4.79 Å². The van der Waals surface area contributed by atoms with Crippen LogP contribution in [0.15, 0.2) is 18.2 Å². The Bertz CT molecular complexity index is 748. The summed E-state index contributed by atoms with van der Waals surface area (Å²) in [5.41, 5.74) is 7.29. The van der Waals surface area contributed by atoms with Crippen LogP contribution in [-0.4, -0.2) is 48.0 Å².